The van der Waals surface area contributed by atoms with Crippen molar-refractivity contribution < 1.29 is 84.2 Å². The predicted molar refractivity (Wildman–Crippen MR) is 327 cm³/mol. The van der Waals surface area contributed by atoms with Gasteiger partial charge >= 0.3 is 22.3 Å². The number of aliphatic carboxylic acids is 2. The highest BCUT2D eigenvalue weighted by Crippen LogP contribution is 2.37. The molecule has 0 saturated carbocycles. The molecule has 0 aliphatic carbocycles. The molecule has 0 unspecified atom stereocenters. The monoisotopic (exact) mass is 1320 g/mol. The fourth-order valence-electron chi connectivity index (χ4n) is 9.03. The second-order valence-electron chi connectivity index (χ2n) is 21.5. The maximum atomic E-state index is 13.9. The van der Waals surface area contributed by atoms with Crippen LogP contribution < -0.4 is 62.8 Å². The summed E-state index contributed by atoms with van der Waals surface area (Å²) in [7, 11) is -1.52. The summed E-state index contributed by atoms with van der Waals surface area (Å²) in [5.41, 5.74) is 23.5. The molecule has 0 bridgehead atoms. The molecule has 14 N–H and O–H groups in total. The third kappa shape index (κ3) is 16.4. The third-order valence-electron chi connectivity index (χ3n) is 14.2. The number of benzene rings is 2. The first kappa shape index (κ1) is 67.6. The van der Waals surface area contributed by atoms with E-state index in [2.05, 4.69) is 41.5 Å². The fourth-order valence-corrected chi connectivity index (χ4v) is 11.0. The van der Waals surface area contributed by atoms with E-state index in [9.17, 15) is 47.4 Å². The number of hydrogen-bond acceptors (Lipinski definition) is 26. The standard InChI is InChI=1S/C56H66N16O16S3/c1-55(2)45(65-47(73)43(39-29-89-53(59)63-39)67-85-41(51(77)78)27-83-37-15-9-31(10-16-37)33-7-13-35(69(5)25-33)23-61-21-19-57)49(75)71(55)87-91(81,82)88-72-50(76)46(56(72,3)4)66-48(74)44(40-30-90-54(60)64-40)68-86-42(52(79)80)28-84-38-17-11-32(12-18-38)34-8-14-36(70(6)26-34)24-62-22-20-58/h7-18,25-26,29-30,41-42,45-46,61-62H,19-24,27-28,57-58H2,1-6H3,(H6-2,59,60,63,64,65,66,73,74,77,78,79,80)/p+2/b67-43-,68-44-/t41-,42-,45+,46+/m0/s1. The Morgan fingerprint density at radius 3 is 1.30 bits per heavy atom. The number of carboxylic acids is 2. The largest absolute Gasteiger partial charge is 0.489 e. The highest BCUT2D eigenvalue weighted by molar-refractivity contribution is 7.81. The number of oxime groups is 2. The number of anilines is 2. The van der Waals surface area contributed by atoms with E-state index in [0.717, 1.165) is 56.3 Å². The third-order valence-corrected chi connectivity index (χ3v) is 16.2. The zero-order valence-electron chi connectivity index (χ0n) is 49.9. The Balaban J connectivity index is 0.854. The molecule has 8 rings (SSSR count). The Morgan fingerprint density at radius 1 is 0.626 bits per heavy atom. The minimum atomic E-state index is -5.37. The predicted octanol–water partition coefficient (Wildman–Crippen LogP) is -0.631. The number of nitrogens with one attached hydrogen (secondary N) is 4. The van der Waals surface area contributed by atoms with Gasteiger partial charge in [-0.2, -0.15) is 18.5 Å². The Morgan fingerprint density at radius 2 is 0.989 bits per heavy atom. The maximum absolute atomic E-state index is 13.9. The van der Waals surface area contributed by atoms with Crippen molar-refractivity contribution in [2.45, 2.75) is 76.2 Å². The zero-order valence-corrected chi connectivity index (χ0v) is 52.4. The summed E-state index contributed by atoms with van der Waals surface area (Å²) in [6.07, 6.45) is 0.357. The van der Waals surface area contributed by atoms with Crippen LogP contribution in [0.25, 0.3) is 22.3 Å². The molecular formula is C56H68N16O16S3+2. The molecule has 4 amide bonds. The average Bonchev–Trinajstić information content (AvgIpc) is 1.73. The van der Waals surface area contributed by atoms with Crippen molar-refractivity contribution in [1.82, 2.24) is 41.4 Å². The number of carbonyl (C=O) groups excluding carboxylic acids is 4. The first-order valence-corrected chi connectivity index (χ1v) is 30.9. The number of nitrogens with two attached hydrogens (primary N) is 4. The maximum Gasteiger partial charge on any atom is 0.442 e. The van der Waals surface area contributed by atoms with Crippen LogP contribution in [0.15, 0.2) is 106 Å². The van der Waals surface area contributed by atoms with Crippen LogP contribution in [0, 0.1) is 0 Å². The molecule has 484 valence electrons. The number of β-lactam (4-membered cyclic amide) rings is 2. The van der Waals surface area contributed by atoms with Gasteiger partial charge in [0, 0.05) is 60.2 Å². The van der Waals surface area contributed by atoms with E-state index < -0.39 is 106 Å². The first-order valence-electron chi connectivity index (χ1n) is 27.8. The summed E-state index contributed by atoms with van der Waals surface area (Å²) in [4.78, 5) is 98.5. The van der Waals surface area contributed by atoms with Gasteiger partial charge in [-0.1, -0.05) is 34.6 Å². The van der Waals surface area contributed by atoms with Crippen molar-refractivity contribution >= 4 is 90.3 Å². The SMILES string of the molecule is C[n+]1cc(-c2ccc(OC[C@H](O/N=C(\C(=O)N[C@@H]3C(=O)N(OS(=O)(=O)ON4C(=O)[C@@H](NC(=O)/C(=N\O[C@@H](COc5ccc(-c6ccc(CNCCN)[n+](C)c6)cc5)C(=O)O)c5csc(N)n5)C4(C)C)C3(C)C)c3csc(N)n3)C(=O)O)cc2)ccc1CNCCN. The number of ether oxygens (including phenoxy) is 2. The number of hydroxylamine groups is 4. The molecule has 0 spiro atoms. The fraction of sp³-hybridized carbons (Fsp3) is 0.357. The lowest BCUT2D eigenvalue weighted by molar-refractivity contribution is -0.679. The molecule has 2 aliphatic heterocycles. The molecule has 2 aromatic carbocycles. The Bertz CT molecular complexity index is 3610. The minimum absolute atomic E-state index is 0.0124. The van der Waals surface area contributed by atoms with Gasteiger partial charge in [-0.05, 0) is 75.2 Å². The van der Waals surface area contributed by atoms with E-state index in [1.54, 1.807) is 48.5 Å². The van der Waals surface area contributed by atoms with Crippen molar-refractivity contribution in [3.63, 3.8) is 0 Å². The van der Waals surface area contributed by atoms with Gasteiger partial charge in [0.05, 0.1) is 24.2 Å². The normalized spacial score (nSPS) is 16.9. The highest BCUT2D eigenvalue weighted by atomic mass is 32.3. The smallest absolute Gasteiger partial charge is 0.442 e. The number of nitrogens with zero attached hydrogens (tertiary/aromatic N) is 8. The molecule has 2 fully saturated rings. The van der Waals surface area contributed by atoms with Crippen LogP contribution >= 0.6 is 22.7 Å². The molecule has 35 heteroatoms. The van der Waals surface area contributed by atoms with E-state index >= 15 is 0 Å². The summed E-state index contributed by atoms with van der Waals surface area (Å²) in [5, 5.41) is 42.4. The van der Waals surface area contributed by atoms with Gasteiger partial charge in [-0.3, -0.25) is 19.2 Å². The molecule has 6 aromatic rings. The number of aromatic nitrogens is 4. The van der Waals surface area contributed by atoms with Crippen LogP contribution in [0.3, 0.4) is 0 Å². The second-order valence-corrected chi connectivity index (χ2v) is 24.4. The van der Waals surface area contributed by atoms with Crippen LogP contribution in [0.5, 0.6) is 11.5 Å². The van der Waals surface area contributed by atoms with Gasteiger partial charge in [-0.25, -0.2) is 28.7 Å². The molecule has 4 atom stereocenters. The molecule has 6 heterocycles. The topological polar surface area (TPSA) is 449 Å². The van der Waals surface area contributed by atoms with Crippen molar-refractivity contribution in [1.29, 1.82) is 0 Å². The van der Waals surface area contributed by atoms with Crippen molar-refractivity contribution in [2.24, 2.45) is 35.9 Å². The van der Waals surface area contributed by atoms with Gasteiger partial charge in [0.25, 0.3) is 35.8 Å². The van der Waals surface area contributed by atoms with E-state index in [-0.39, 0.29) is 33.1 Å². The molecule has 32 nitrogen and oxygen atoms in total. The van der Waals surface area contributed by atoms with E-state index in [1.165, 1.54) is 38.5 Å². The van der Waals surface area contributed by atoms with Crippen LogP contribution in [0.2, 0.25) is 0 Å². The van der Waals surface area contributed by atoms with Crippen LogP contribution in [0.4, 0.5) is 10.3 Å². The number of rotatable bonds is 32. The second kappa shape index (κ2) is 29.1. The lowest BCUT2D eigenvalue weighted by atomic mass is 9.84. The Kier molecular flexibility index (Phi) is 21.6. The van der Waals surface area contributed by atoms with Gasteiger partial charge in [0.2, 0.25) is 0 Å². The summed E-state index contributed by atoms with van der Waals surface area (Å²) >= 11 is 1.81. The summed E-state index contributed by atoms with van der Waals surface area (Å²) < 4.78 is 52.4. The number of nitrogen functional groups attached to an aromatic ring is 2. The summed E-state index contributed by atoms with van der Waals surface area (Å²) in [6, 6.07) is 18.5. The molecule has 91 heavy (non-hydrogen) atoms. The molecule has 2 saturated heterocycles. The van der Waals surface area contributed by atoms with Crippen LogP contribution in [-0.4, -0.2) is 160 Å². The molecule has 4 aromatic heterocycles. The lowest BCUT2D eigenvalue weighted by Crippen LogP contribution is -2.78. The minimum Gasteiger partial charge on any atom is -0.489 e. The van der Waals surface area contributed by atoms with Crippen LogP contribution in [-0.2, 0) is 84.6 Å². The zero-order chi connectivity index (χ0) is 66.0. The molecule has 0 radical (unpaired) electrons. The number of pyridine rings is 2. The number of carbonyl (C=O) groups is 6. The summed E-state index contributed by atoms with van der Waals surface area (Å²) in [5.74, 6) is -6.97. The number of amides is 4. The number of thiazole rings is 2. The van der Waals surface area contributed by atoms with Gasteiger partial charge in [0.15, 0.2) is 45.5 Å². The van der Waals surface area contributed by atoms with E-state index in [0.29, 0.717) is 49.4 Å². The molecule has 2 aliphatic rings. The van der Waals surface area contributed by atoms with Crippen molar-refractivity contribution in [2.75, 3.05) is 50.9 Å². The van der Waals surface area contributed by atoms with Crippen LogP contribution in [0.1, 0.15) is 50.5 Å². The summed E-state index contributed by atoms with van der Waals surface area (Å²) in [6.45, 7) is 7.75. The Hall–Kier alpha value is -9.33. The lowest BCUT2D eigenvalue weighted by Gasteiger charge is -2.52. The van der Waals surface area contributed by atoms with Gasteiger partial charge in [-0.15, -0.1) is 31.2 Å². The quantitative estimate of drug-likeness (QED) is 0.00826. The number of hydrogen-bond donors (Lipinski definition) is 10. The Labute approximate surface area is 528 Å². The number of carboxylic acid groups (broad SMARTS) is 2. The van der Waals surface area contributed by atoms with E-state index in [4.69, 9.17) is 50.7 Å². The first-order chi connectivity index (χ1) is 43.2. The van der Waals surface area contributed by atoms with Gasteiger partial charge in [0.1, 0.15) is 62.3 Å². The molecular weight excluding hydrogens is 1250 g/mol. The van der Waals surface area contributed by atoms with Gasteiger partial charge < -0.3 is 73.6 Å². The van der Waals surface area contributed by atoms with Crippen molar-refractivity contribution in [3.8, 4) is 33.8 Å². The highest BCUT2D eigenvalue weighted by Gasteiger charge is 2.61. The van der Waals surface area contributed by atoms with E-state index in [1.807, 2.05) is 59.9 Å². The number of aryl methyl sites for hydroxylation is 2. The van der Waals surface area contributed by atoms with Crippen molar-refractivity contribution in [3.05, 3.63) is 119 Å². The average molecular weight is 1320 g/mol.